The lowest BCUT2D eigenvalue weighted by Gasteiger charge is -2.28. The van der Waals surface area contributed by atoms with E-state index in [9.17, 15) is 9.59 Å². The molecule has 2 bridgehead atoms. The van der Waals surface area contributed by atoms with E-state index in [0.29, 0.717) is 50.4 Å². The summed E-state index contributed by atoms with van der Waals surface area (Å²) in [5, 5.41) is 6.65. The first-order chi connectivity index (χ1) is 13.1. The van der Waals surface area contributed by atoms with Gasteiger partial charge in [-0.1, -0.05) is 12.1 Å². The van der Waals surface area contributed by atoms with Gasteiger partial charge in [-0.15, -0.1) is 12.4 Å². The molecule has 2 N–H and O–H groups in total. The van der Waals surface area contributed by atoms with Gasteiger partial charge in [0, 0.05) is 31.5 Å². The van der Waals surface area contributed by atoms with E-state index in [2.05, 4.69) is 15.4 Å². The first-order valence-corrected chi connectivity index (χ1v) is 9.93. The van der Waals surface area contributed by atoms with E-state index in [4.69, 9.17) is 4.74 Å². The first-order valence-electron chi connectivity index (χ1n) is 9.93. The molecule has 28 heavy (non-hydrogen) atoms. The Kier molecular flexibility index (Phi) is 9.06. The van der Waals surface area contributed by atoms with Crippen LogP contribution in [0, 0.1) is 5.92 Å². The number of benzene rings is 1. The quantitative estimate of drug-likeness (QED) is 0.483. The fraction of sp³-hybridized carbons (Fsp3) is 0.619. The lowest BCUT2D eigenvalue weighted by molar-refractivity contribution is -0.140. The molecular weight excluding hydrogens is 380 g/mol. The molecule has 2 heterocycles. The number of nitrogens with one attached hydrogen (secondary N) is 2. The van der Waals surface area contributed by atoms with Gasteiger partial charge in [-0.05, 0) is 55.7 Å². The third-order valence-corrected chi connectivity index (χ3v) is 5.48. The maximum absolute atomic E-state index is 12.2. The smallest absolute Gasteiger partial charge is 0.305 e. The predicted octanol–water partition coefficient (Wildman–Crippen LogP) is 2.98. The van der Waals surface area contributed by atoms with Gasteiger partial charge in [-0.2, -0.15) is 0 Å². The van der Waals surface area contributed by atoms with Gasteiger partial charge in [0.25, 0.3) is 0 Å². The molecule has 156 valence electrons. The summed E-state index contributed by atoms with van der Waals surface area (Å²) < 4.78 is 10.2. The molecule has 2 aliphatic rings. The average Bonchev–Trinajstić information content (AvgIpc) is 3.02. The Morgan fingerprint density at radius 1 is 1.14 bits per heavy atom. The number of fused-ring (bicyclic) bond motifs is 2. The van der Waals surface area contributed by atoms with Gasteiger partial charge in [0.05, 0.1) is 13.7 Å². The van der Waals surface area contributed by atoms with Crippen LogP contribution in [0.2, 0.25) is 0 Å². The largest absolute Gasteiger partial charge is 0.494 e. The highest BCUT2D eigenvalue weighted by atomic mass is 35.5. The number of rotatable bonds is 9. The van der Waals surface area contributed by atoms with Gasteiger partial charge in [0.1, 0.15) is 5.75 Å². The van der Waals surface area contributed by atoms with Crippen LogP contribution in [0.1, 0.15) is 50.5 Å². The van der Waals surface area contributed by atoms with E-state index in [0.717, 1.165) is 24.2 Å². The molecule has 0 aliphatic carbocycles. The SMILES string of the molecule is COC(=O)CCCOc1ccc(CNC(=O)CC2CC3CCC(C2)N3)cc1.Cl. The van der Waals surface area contributed by atoms with Crippen molar-refractivity contribution in [2.75, 3.05) is 13.7 Å². The number of piperidine rings is 1. The molecule has 2 saturated heterocycles. The van der Waals surface area contributed by atoms with Crippen molar-refractivity contribution in [1.29, 1.82) is 0 Å². The Bertz CT molecular complexity index is 626. The highest BCUT2D eigenvalue weighted by Gasteiger charge is 2.34. The summed E-state index contributed by atoms with van der Waals surface area (Å²) in [6.07, 6.45) is 6.41. The highest BCUT2D eigenvalue weighted by molar-refractivity contribution is 5.85. The van der Waals surface area contributed by atoms with Gasteiger partial charge < -0.3 is 20.1 Å². The summed E-state index contributed by atoms with van der Waals surface area (Å²) in [5.74, 6) is 1.20. The highest BCUT2D eigenvalue weighted by Crippen LogP contribution is 2.32. The molecule has 1 aromatic carbocycles. The molecule has 7 heteroatoms. The van der Waals surface area contributed by atoms with Crippen LogP contribution in [0.5, 0.6) is 5.75 Å². The van der Waals surface area contributed by atoms with E-state index in [1.54, 1.807) is 0 Å². The molecule has 0 aromatic heterocycles. The van der Waals surface area contributed by atoms with E-state index >= 15 is 0 Å². The lowest BCUT2D eigenvalue weighted by atomic mass is 9.89. The van der Waals surface area contributed by atoms with Crippen molar-refractivity contribution in [2.24, 2.45) is 5.92 Å². The van der Waals surface area contributed by atoms with E-state index < -0.39 is 0 Å². The Hall–Kier alpha value is -1.79. The number of amides is 1. The number of ether oxygens (including phenoxy) is 2. The zero-order valence-electron chi connectivity index (χ0n) is 16.4. The van der Waals surface area contributed by atoms with Crippen molar-refractivity contribution in [2.45, 2.75) is 63.6 Å². The molecule has 1 amide bonds. The van der Waals surface area contributed by atoms with E-state index in [1.807, 2.05) is 24.3 Å². The molecule has 1 aromatic rings. The van der Waals surface area contributed by atoms with Crippen LogP contribution in [-0.4, -0.2) is 37.7 Å². The standard InChI is InChI=1S/C21H30N2O4.ClH/c1-26-21(25)3-2-10-27-19-8-4-15(5-9-19)14-22-20(24)13-16-11-17-6-7-18(12-16)23-17;/h4-5,8-9,16-18,23H,2-3,6-7,10-14H2,1H3,(H,22,24);1H. The maximum Gasteiger partial charge on any atom is 0.305 e. The summed E-state index contributed by atoms with van der Waals surface area (Å²) in [5.41, 5.74) is 1.05. The Labute approximate surface area is 173 Å². The average molecular weight is 411 g/mol. The van der Waals surface area contributed by atoms with Crippen LogP contribution in [0.25, 0.3) is 0 Å². The predicted molar refractivity (Wildman–Crippen MR) is 110 cm³/mol. The summed E-state index contributed by atoms with van der Waals surface area (Å²) >= 11 is 0. The lowest BCUT2D eigenvalue weighted by Crippen LogP contribution is -2.39. The number of methoxy groups -OCH3 is 1. The van der Waals surface area contributed by atoms with Crippen LogP contribution in [0.4, 0.5) is 0 Å². The van der Waals surface area contributed by atoms with Crippen LogP contribution >= 0.6 is 12.4 Å². The third kappa shape index (κ3) is 6.99. The van der Waals surface area contributed by atoms with Gasteiger partial charge in [-0.3, -0.25) is 9.59 Å². The zero-order chi connectivity index (χ0) is 19.1. The number of hydrogen-bond acceptors (Lipinski definition) is 5. The van der Waals surface area contributed by atoms with Crippen LogP contribution in [0.3, 0.4) is 0 Å². The molecule has 2 fully saturated rings. The summed E-state index contributed by atoms with van der Waals surface area (Å²) in [6, 6.07) is 8.96. The molecule has 2 atom stereocenters. The molecule has 0 radical (unpaired) electrons. The number of halogens is 1. The van der Waals surface area contributed by atoms with Crippen LogP contribution in [-0.2, 0) is 20.9 Å². The monoisotopic (exact) mass is 410 g/mol. The van der Waals surface area contributed by atoms with Crippen LogP contribution in [0.15, 0.2) is 24.3 Å². The van der Waals surface area contributed by atoms with Gasteiger partial charge in [0.15, 0.2) is 0 Å². The van der Waals surface area contributed by atoms with Crippen molar-refractivity contribution in [3.63, 3.8) is 0 Å². The molecule has 3 rings (SSSR count). The minimum absolute atomic E-state index is 0. The summed E-state index contributed by atoms with van der Waals surface area (Å²) in [4.78, 5) is 23.3. The summed E-state index contributed by atoms with van der Waals surface area (Å²) in [7, 11) is 1.39. The van der Waals surface area contributed by atoms with Gasteiger partial charge >= 0.3 is 5.97 Å². The van der Waals surface area contributed by atoms with Crippen LogP contribution < -0.4 is 15.4 Å². The maximum atomic E-state index is 12.2. The fourth-order valence-corrected chi connectivity index (χ4v) is 4.09. The normalized spacial score (nSPS) is 22.8. The Morgan fingerprint density at radius 2 is 1.82 bits per heavy atom. The third-order valence-electron chi connectivity index (χ3n) is 5.48. The number of esters is 1. The second-order valence-corrected chi connectivity index (χ2v) is 7.63. The number of carbonyl (C=O) groups excluding carboxylic acids is 2. The first kappa shape index (κ1) is 22.5. The zero-order valence-corrected chi connectivity index (χ0v) is 17.3. The molecular formula is C21H31ClN2O4. The van der Waals surface area contributed by atoms with Crippen molar-refractivity contribution in [1.82, 2.24) is 10.6 Å². The Balaban J connectivity index is 0.00000280. The van der Waals surface area contributed by atoms with Crippen molar-refractivity contribution in [3.8, 4) is 5.75 Å². The van der Waals surface area contributed by atoms with E-state index in [-0.39, 0.29) is 24.3 Å². The topological polar surface area (TPSA) is 76.7 Å². The molecule has 2 unspecified atom stereocenters. The second-order valence-electron chi connectivity index (χ2n) is 7.63. The van der Waals surface area contributed by atoms with Gasteiger partial charge in [0.2, 0.25) is 5.91 Å². The number of carbonyl (C=O) groups is 2. The minimum Gasteiger partial charge on any atom is -0.494 e. The van der Waals surface area contributed by atoms with Crippen molar-refractivity contribution < 1.29 is 19.1 Å². The molecule has 2 aliphatic heterocycles. The second kappa shape index (κ2) is 11.3. The minimum atomic E-state index is -0.221. The molecule has 0 saturated carbocycles. The van der Waals surface area contributed by atoms with Crippen molar-refractivity contribution >= 4 is 24.3 Å². The Morgan fingerprint density at radius 3 is 2.46 bits per heavy atom. The number of hydrogen-bond donors (Lipinski definition) is 2. The summed E-state index contributed by atoms with van der Waals surface area (Å²) in [6.45, 7) is 1.02. The van der Waals surface area contributed by atoms with Crippen molar-refractivity contribution in [3.05, 3.63) is 29.8 Å². The fourth-order valence-electron chi connectivity index (χ4n) is 4.09. The molecule has 6 nitrogen and oxygen atoms in total. The van der Waals surface area contributed by atoms with Gasteiger partial charge in [-0.25, -0.2) is 0 Å². The van der Waals surface area contributed by atoms with E-state index in [1.165, 1.54) is 20.0 Å². The molecule has 0 spiro atoms.